The molecule has 0 aliphatic rings. The SMILES string of the molecule is COC(=O)c1sc2ncnc(N(C)CCc3ccncc3)c2c1C. The van der Waals surface area contributed by atoms with E-state index < -0.39 is 0 Å². The predicted molar refractivity (Wildman–Crippen MR) is 94.7 cm³/mol. The second-order valence-electron chi connectivity index (χ2n) is 5.45. The van der Waals surface area contributed by atoms with E-state index in [9.17, 15) is 4.79 Å². The predicted octanol–water partition coefficient (Wildman–Crippen LogP) is 2.86. The number of hydrogen-bond acceptors (Lipinski definition) is 7. The Hall–Kier alpha value is -2.54. The van der Waals surface area contributed by atoms with Gasteiger partial charge in [-0.15, -0.1) is 11.3 Å². The van der Waals surface area contributed by atoms with Gasteiger partial charge >= 0.3 is 5.97 Å². The minimum absolute atomic E-state index is 0.333. The largest absolute Gasteiger partial charge is 0.465 e. The summed E-state index contributed by atoms with van der Waals surface area (Å²) in [5, 5.41) is 0.917. The van der Waals surface area contributed by atoms with Crippen molar-refractivity contribution in [3.05, 3.63) is 46.9 Å². The average molecular weight is 342 g/mol. The zero-order valence-electron chi connectivity index (χ0n) is 13.8. The van der Waals surface area contributed by atoms with Crippen LogP contribution in [-0.2, 0) is 11.2 Å². The van der Waals surface area contributed by atoms with Crippen molar-refractivity contribution in [1.82, 2.24) is 15.0 Å². The highest BCUT2D eigenvalue weighted by atomic mass is 32.1. The molecule has 124 valence electrons. The zero-order chi connectivity index (χ0) is 17.1. The van der Waals surface area contributed by atoms with Crippen molar-refractivity contribution in [3.8, 4) is 0 Å². The Kier molecular flexibility index (Phi) is 4.71. The van der Waals surface area contributed by atoms with Crippen molar-refractivity contribution in [2.24, 2.45) is 0 Å². The lowest BCUT2D eigenvalue weighted by molar-refractivity contribution is 0.0605. The molecule has 0 saturated carbocycles. The molecule has 0 atom stereocenters. The molecular formula is C17H18N4O2S. The summed E-state index contributed by atoms with van der Waals surface area (Å²) >= 11 is 1.34. The van der Waals surface area contributed by atoms with Crippen LogP contribution in [0.15, 0.2) is 30.9 Å². The monoisotopic (exact) mass is 342 g/mol. The van der Waals surface area contributed by atoms with Gasteiger partial charge in [-0.05, 0) is 36.6 Å². The molecule has 24 heavy (non-hydrogen) atoms. The minimum Gasteiger partial charge on any atom is -0.465 e. The van der Waals surface area contributed by atoms with E-state index in [1.807, 2.05) is 26.1 Å². The van der Waals surface area contributed by atoms with Gasteiger partial charge in [0.1, 0.15) is 21.9 Å². The van der Waals surface area contributed by atoms with Crippen molar-refractivity contribution < 1.29 is 9.53 Å². The second kappa shape index (κ2) is 6.92. The average Bonchev–Trinajstić information content (AvgIpc) is 2.97. The molecular weight excluding hydrogens is 324 g/mol. The van der Waals surface area contributed by atoms with Gasteiger partial charge in [-0.25, -0.2) is 14.8 Å². The van der Waals surface area contributed by atoms with E-state index in [0.717, 1.165) is 34.6 Å². The number of esters is 1. The van der Waals surface area contributed by atoms with Crippen molar-refractivity contribution in [3.63, 3.8) is 0 Å². The first-order valence-electron chi connectivity index (χ1n) is 7.54. The number of methoxy groups -OCH3 is 1. The first kappa shape index (κ1) is 16.3. The summed E-state index contributed by atoms with van der Waals surface area (Å²) < 4.78 is 4.86. The van der Waals surface area contributed by atoms with Gasteiger partial charge in [0.25, 0.3) is 0 Å². The van der Waals surface area contributed by atoms with Crippen LogP contribution in [0.1, 0.15) is 20.8 Å². The molecule has 0 N–H and O–H groups in total. The fraction of sp³-hybridized carbons (Fsp3) is 0.294. The van der Waals surface area contributed by atoms with Crippen LogP contribution >= 0.6 is 11.3 Å². The number of fused-ring (bicyclic) bond motifs is 1. The first-order valence-corrected chi connectivity index (χ1v) is 8.36. The number of anilines is 1. The van der Waals surface area contributed by atoms with E-state index in [1.165, 1.54) is 30.3 Å². The number of nitrogens with zero attached hydrogens (tertiary/aromatic N) is 4. The van der Waals surface area contributed by atoms with Crippen LogP contribution in [-0.4, -0.2) is 41.6 Å². The molecule has 6 nitrogen and oxygen atoms in total. The van der Waals surface area contributed by atoms with Crippen LogP contribution in [0.5, 0.6) is 0 Å². The van der Waals surface area contributed by atoms with E-state index in [2.05, 4.69) is 19.9 Å². The molecule has 0 aromatic carbocycles. The third-order valence-electron chi connectivity index (χ3n) is 3.92. The van der Waals surface area contributed by atoms with Crippen molar-refractivity contribution in [2.75, 3.05) is 25.6 Å². The topological polar surface area (TPSA) is 68.2 Å². The lowest BCUT2D eigenvalue weighted by atomic mass is 10.1. The van der Waals surface area contributed by atoms with Gasteiger partial charge < -0.3 is 9.64 Å². The van der Waals surface area contributed by atoms with Gasteiger partial charge in [-0.2, -0.15) is 0 Å². The summed E-state index contributed by atoms with van der Waals surface area (Å²) in [5.41, 5.74) is 2.09. The normalized spacial score (nSPS) is 10.8. The number of carbonyl (C=O) groups excluding carboxylic acids is 1. The van der Waals surface area contributed by atoms with Crippen LogP contribution < -0.4 is 4.90 Å². The lowest BCUT2D eigenvalue weighted by Crippen LogP contribution is -2.21. The second-order valence-corrected chi connectivity index (χ2v) is 6.45. The van der Waals surface area contributed by atoms with Gasteiger partial charge in [0.05, 0.1) is 12.5 Å². The zero-order valence-corrected chi connectivity index (χ0v) is 14.6. The molecule has 3 aromatic rings. The third-order valence-corrected chi connectivity index (χ3v) is 5.10. The van der Waals surface area contributed by atoms with E-state index in [-0.39, 0.29) is 5.97 Å². The number of pyridine rings is 1. The Labute approximate surface area is 144 Å². The van der Waals surface area contributed by atoms with Crippen LogP contribution in [0.2, 0.25) is 0 Å². The molecule has 0 radical (unpaired) electrons. The Morgan fingerprint density at radius 2 is 2.04 bits per heavy atom. The summed E-state index contributed by atoms with van der Waals surface area (Å²) in [6.45, 7) is 2.72. The minimum atomic E-state index is -0.333. The molecule has 3 aromatic heterocycles. The molecule has 3 rings (SSSR count). The molecule has 0 amide bonds. The number of ether oxygens (including phenoxy) is 1. The first-order chi connectivity index (χ1) is 11.6. The molecule has 0 aliphatic carbocycles. The Morgan fingerprint density at radius 1 is 1.29 bits per heavy atom. The molecule has 0 saturated heterocycles. The highest BCUT2D eigenvalue weighted by molar-refractivity contribution is 7.20. The quantitative estimate of drug-likeness (QED) is 0.664. The van der Waals surface area contributed by atoms with Crippen molar-refractivity contribution >= 4 is 33.3 Å². The van der Waals surface area contributed by atoms with Crippen LogP contribution in [0.4, 0.5) is 5.82 Å². The van der Waals surface area contributed by atoms with Gasteiger partial charge in [0.2, 0.25) is 0 Å². The Bertz CT molecular complexity index is 864. The Balaban J connectivity index is 1.91. The lowest BCUT2D eigenvalue weighted by Gasteiger charge is -2.19. The van der Waals surface area contributed by atoms with E-state index in [0.29, 0.717) is 4.88 Å². The fourth-order valence-electron chi connectivity index (χ4n) is 2.58. The smallest absolute Gasteiger partial charge is 0.348 e. The fourth-order valence-corrected chi connectivity index (χ4v) is 3.64. The Morgan fingerprint density at radius 3 is 2.75 bits per heavy atom. The molecule has 0 bridgehead atoms. The van der Waals surface area contributed by atoms with Crippen LogP contribution in [0.25, 0.3) is 10.2 Å². The van der Waals surface area contributed by atoms with E-state index in [4.69, 9.17) is 4.74 Å². The maximum absolute atomic E-state index is 11.9. The van der Waals surface area contributed by atoms with Crippen LogP contribution in [0, 0.1) is 6.92 Å². The van der Waals surface area contributed by atoms with Gasteiger partial charge in [-0.3, -0.25) is 4.98 Å². The standard InChI is InChI=1S/C17H18N4O2S/c1-11-13-15(21(2)9-6-12-4-7-18-8-5-12)19-10-20-16(13)24-14(11)17(22)23-3/h4-5,7-8,10H,6,9H2,1-3H3. The summed E-state index contributed by atoms with van der Waals surface area (Å²) in [4.78, 5) is 28.2. The van der Waals surface area contributed by atoms with Crippen LogP contribution in [0.3, 0.4) is 0 Å². The van der Waals surface area contributed by atoms with Crippen molar-refractivity contribution in [2.45, 2.75) is 13.3 Å². The maximum atomic E-state index is 11.9. The number of carbonyl (C=O) groups is 1. The highest BCUT2D eigenvalue weighted by Gasteiger charge is 2.21. The van der Waals surface area contributed by atoms with Gasteiger partial charge in [0, 0.05) is 26.0 Å². The number of likely N-dealkylation sites (N-methyl/N-ethyl adjacent to an activating group) is 1. The summed E-state index contributed by atoms with van der Waals surface area (Å²) in [7, 11) is 3.39. The number of rotatable bonds is 5. The third kappa shape index (κ3) is 3.07. The number of aryl methyl sites for hydroxylation is 1. The summed E-state index contributed by atoms with van der Waals surface area (Å²) in [6, 6.07) is 4.02. The van der Waals surface area contributed by atoms with Crippen molar-refractivity contribution in [1.29, 1.82) is 0 Å². The van der Waals surface area contributed by atoms with E-state index >= 15 is 0 Å². The molecule has 0 aliphatic heterocycles. The van der Waals surface area contributed by atoms with Gasteiger partial charge in [0.15, 0.2) is 0 Å². The molecule has 7 heteroatoms. The van der Waals surface area contributed by atoms with E-state index in [1.54, 1.807) is 12.4 Å². The highest BCUT2D eigenvalue weighted by Crippen LogP contribution is 2.34. The number of hydrogen-bond donors (Lipinski definition) is 0. The summed E-state index contributed by atoms with van der Waals surface area (Å²) in [5.74, 6) is 0.499. The molecule has 0 unspecified atom stereocenters. The number of thiophene rings is 1. The molecule has 3 heterocycles. The number of aromatic nitrogens is 3. The summed E-state index contributed by atoms with van der Waals surface area (Å²) in [6.07, 6.45) is 6.02. The maximum Gasteiger partial charge on any atom is 0.348 e. The molecule has 0 spiro atoms. The molecule has 0 fully saturated rings. The van der Waals surface area contributed by atoms with Gasteiger partial charge in [-0.1, -0.05) is 0 Å².